The molecule has 1 atom stereocenters. The monoisotopic (exact) mass is 426 g/mol. The van der Waals surface area contributed by atoms with Gasteiger partial charge in [0.2, 0.25) is 0 Å². The maximum Gasteiger partial charge on any atom is 0.359 e. The minimum absolute atomic E-state index is 0.0230. The number of nitrogens with zero attached hydrogens (tertiary/aromatic N) is 2. The SMILES string of the molecule is C=C/C=C\C(=C/C)c1c[n+]2c(c(CC(/C=C\C)=C/C=C)n1)NC(C/C(C=C)=C/C=C)C2=O. The molecule has 32 heavy (non-hydrogen) atoms. The highest BCUT2D eigenvalue weighted by Crippen LogP contribution is 2.25. The molecule has 0 spiro atoms. The molecule has 0 fully saturated rings. The predicted octanol–water partition coefficient (Wildman–Crippen LogP) is 5.87. The summed E-state index contributed by atoms with van der Waals surface area (Å²) in [5, 5.41) is 3.39. The molecule has 0 amide bonds. The molecule has 2 rings (SSSR count). The molecule has 2 heterocycles. The van der Waals surface area contributed by atoms with Crippen LogP contribution in [0.5, 0.6) is 0 Å². The van der Waals surface area contributed by atoms with Crippen molar-refractivity contribution >= 4 is 17.3 Å². The van der Waals surface area contributed by atoms with E-state index in [1.807, 2.05) is 56.4 Å². The van der Waals surface area contributed by atoms with Gasteiger partial charge >= 0.3 is 11.7 Å². The second kappa shape index (κ2) is 12.2. The van der Waals surface area contributed by atoms with Crippen molar-refractivity contribution < 1.29 is 9.36 Å². The summed E-state index contributed by atoms with van der Waals surface area (Å²) in [6.45, 7) is 19.1. The molecule has 164 valence electrons. The average molecular weight is 427 g/mol. The number of aromatic nitrogens is 2. The first kappa shape index (κ1) is 24.5. The van der Waals surface area contributed by atoms with Crippen LogP contribution in [0, 0.1) is 0 Å². The van der Waals surface area contributed by atoms with Crippen LogP contribution in [0.3, 0.4) is 0 Å². The van der Waals surface area contributed by atoms with Crippen molar-refractivity contribution in [3.63, 3.8) is 0 Å². The number of carbonyl (C=O) groups excluding carboxylic acids is 1. The van der Waals surface area contributed by atoms with Crippen LogP contribution in [0.1, 0.15) is 36.5 Å². The highest BCUT2D eigenvalue weighted by atomic mass is 16.2. The van der Waals surface area contributed by atoms with Gasteiger partial charge in [-0.05, 0) is 30.6 Å². The topological polar surface area (TPSA) is 45.9 Å². The van der Waals surface area contributed by atoms with E-state index >= 15 is 0 Å². The minimum atomic E-state index is -0.402. The first-order valence-corrected chi connectivity index (χ1v) is 10.6. The van der Waals surface area contributed by atoms with E-state index in [1.165, 1.54) is 0 Å². The molecule has 4 nitrogen and oxygen atoms in total. The Hall–Kier alpha value is -3.79. The quantitative estimate of drug-likeness (QED) is 0.356. The summed E-state index contributed by atoms with van der Waals surface area (Å²) in [6, 6.07) is -0.402. The maximum atomic E-state index is 13.3. The molecule has 1 N–H and O–H groups in total. The van der Waals surface area contributed by atoms with Gasteiger partial charge in [-0.15, -0.1) is 0 Å². The predicted molar refractivity (Wildman–Crippen MR) is 135 cm³/mol. The van der Waals surface area contributed by atoms with Gasteiger partial charge in [0, 0.05) is 12.8 Å². The van der Waals surface area contributed by atoms with Crippen molar-refractivity contribution in [3.05, 3.63) is 122 Å². The Labute approximate surface area is 191 Å². The van der Waals surface area contributed by atoms with Crippen LogP contribution in [0.2, 0.25) is 0 Å². The number of hydrogen-bond acceptors (Lipinski definition) is 3. The molecule has 0 saturated heterocycles. The van der Waals surface area contributed by atoms with Crippen LogP contribution in [0.25, 0.3) is 5.57 Å². The number of carbonyl (C=O) groups is 1. The zero-order chi connectivity index (χ0) is 23.5. The summed E-state index contributed by atoms with van der Waals surface area (Å²) >= 11 is 0. The van der Waals surface area contributed by atoms with Gasteiger partial charge in [-0.3, -0.25) is 5.32 Å². The molecule has 0 radical (unpaired) electrons. The lowest BCUT2D eigenvalue weighted by molar-refractivity contribution is -0.553. The van der Waals surface area contributed by atoms with Gasteiger partial charge in [-0.1, -0.05) is 93.2 Å². The third kappa shape index (κ3) is 5.88. The summed E-state index contributed by atoms with van der Waals surface area (Å²) in [5.74, 6) is 0.693. The van der Waals surface area contributed by atoms with Crippen molar-refractivity contribution in [1.82, 2.24) is 4.98 Å². The first-order valence-electron chi connectivity index (χ1n) is 10.6. The van der Waals surface area contributed by atoms with E-state index in [4.69, 9.17) is 4.98 Å². The Morgan fingerprint density at radius 1 is 1.09 bits per heavy atom. The van der Waals surface area contributed by atoms with Crippen LogP contribution in [0.4, 0.5) is 5.82 Å². The van der Waals surface area contributed by atoms with Gasteiger partial charge in [0.05, 0.1) is 0 Å². The van der Waals surface area contributed by atoms with E-state index in [0.29, 0.717) is 18.7 Å². The number of rotatable bonds is 11. The van der Waals surface area contributed by atoms with Gasteiger partial charge in [0.25, 0.3) is 0 Å². The number of anilines is 1. The molecule has 1 aromatic heterocycles. The first-order chi connectivity index (χ1) is 15.5. The lowest BCUT2D eigenvalue weighted by atomic mass is 10.1. The number of hydrogen-bond donors (Lipinski definition) is 1. The molecule has 0 aliphatic carbocycles. The fourth-order valence-corrected chi connectivity index (χ4v) is 3.51. The Morgan fingerprint density at radius 3 is 2.41 bits per heavy atom. The van der Waals surface area contributed by atoms with Crippen molar-refractivity contribution in [2.24, 2.45) is 0 Å². The smallest absolute Gasteiger partial charge is 0.258 e. The van der Waals surface area contributed by atoms with E-state index < -0.39 is 6.04 Å². The second-order valence-electron chi connectivity index (χ2n) is 7.21. The third-order valence-corrected chi connectivity index (χ3v) is 5.00. The van der Waals surface area contributed by atoms with Crippen LogP contribution < -0.4 is 9.88 Å². The molecule has 1 aliphatic rings. The third-order valence-electron chi connectivity index (χ3n) is 5.00. The highest BCUT2D eigenvalue weighted by molar-refractivity contribution is 5.83. The molecular formula is C28H32N3O+. The summed E-state index contributed by atoms with van der Waals surface area (Å²) in [6.07, 6.45) is 23.4. The average Bonchev–Trinajstić information content (AvgIpc) is 3.10. The Balaban J connectivity index is 2.60. The molecule has 1 aromatic rings. The highest BCUT2D eigenvalue weighted by Gasteiger charge is 2.41. The summed E-state index contributed by atoms with van der Waals surface area (Å²) in [7, 11) is 0. The number of nitrogens with one attached hydrogen (secondary N) is 1. The Kier molecular flexibility index (Phi) is 9.30. The van der Waals surface area contributed by atoms with Crippen molar-refractivity contribution in [2.75, 3.05) is 5.32 Å². The molecule has 0 bridgehead atoms. The van der Waals surface area contributed by atoms with Gasteiger partial charge in [-0.25, -0.2) is 9.78 Å². The van der Waals surface area contributed by atoms with Gasteiger partial charge in [0.1, 0.15) is 17.6 Å². The van der Waals surface area contributed by atoms with Gasteiger partial charge < -0.3 is 0 Å². The van der Waals surface area contributed by atoms with Crippen LogP contribution in [0.15, 0.2) is 110 Å². The summed E-state index contributed by atoms with van der Waals surface area (Å²) in [5.41, 5.74) is 4.43. The second-order valence-corrected chi connectivity index (χ2v) is 7.21. The van der Waals surface area contributed by atoms with E-state index in [2.05, 4.69) is 31.6 Å². The van der Waals surface area contributed by atoms with Crippen molar-refractivity contribution in [2.45, 2.75) is 32.7 Å². The van der Waals surface area contributed by atoms with Gasteiger partial charge in [0.15, 0.2) is 6.04 Å². The zero-order valence-corrected chi connectivity index (χ0v) is 19.1. The van der Waals surface area contributed by atoms with Gasteiger partial charge in [-0.2, -0.15) is 4.57 Å². The van der Waals surface area contributed by atoms with Crippen LogP contribution in [-0.4, -0.2) is 16.9 Å². The van der Waals surface area contributed by atoms with Crippen molar-refractivity contribution in [3.8, 4) is 0 Å². The molecule has 0 aromatic carbocycles. The largest absolute Gasteiger partial charge is 0.359 e. The lowest BCUT2D eigenvalue weighted by Gasteiger charge is -2.08. The molecular weight excluding hydrogens is 394 g/mol. The van der Waals surface area contributed by atoms with Crippen LogP contribution in [-0.2, 0) is 6.42 Å². The molecule has 4 heteroatoms. The standard InChI is InChI=1S/C28H31N3O/c1-7-13-17-23(12-6)26-20-31-27(24(29-26)19-22(15-9-3)16-10-4)30-25(28(31)32)18-21(11-5)14-8-2/h7-17,20,25H,1-3,5,18-19H2,4,6H3/p+1/b16-10-,17-13-,21-14+,22-15+,23-12+. The summed E-state index contributed by atoms with van der Waals surface area (Å²) in [4.78, 5) is 18.2. The van der Waals surface area contributed by atoms with E-state index in [1.54, 1.807) is 35.1 Å². The zero-order valence-electron chi connectivity index (χ0n) is 19.1. The number of allylic oxidation sites excluding steroid dienone is 13. The lowest BCUT2D eigenvalue weighted by Crippen LogP contribution is -2.43. The fraction of sp³-hybridized carbons (Fsp3) is 0.179. The normalized spacial score (nSPS) is 16.9. The number of fused-ring (bicyclic) bond motifs is 1. The van der Waals surface area contributed by atoms with Crippen molar-refractivity contribution in [1.29, 1.82) is 0 Å². The molecule has 0 saturated carbocycles. The Bertz CT molecular complexity index is 1060. The Morgan fingerprint density at radius 2 is 1.81 bits per heavy atom. The summed E-state index contributed by atoms with van der Waals surface area (Å²) < 4.78 is 1.68. The fourth-order valence-electron chi connectivity index (χ4n) is 3.51. The van der Waals surface area contributed by atoms with E-state index in [0.717, 1.165) is 28.1 Å². The van der Waals surface area contributed by atoms with Crippen LogP contribution >= 0.6 is 0 Å². The maximum absolute atomic E-state index is 13.3. The van der Waals surface area contributed by atoms with E-state index in [9.17, 15) is 4.79 Å². The molecule has 1 aliphatic heterocycles. The minimum Gasteiger partial charge on any atom is -0.258 e. The van der Waals surface area contributed by atoms with E-state index in [-0.39, 0.29) is 5.91 Å². The molecule has 1 unspecified atom stereocenters.